The van der Waals surface area contributed by atoms with Crippen molar-refractivity contribution in [3.05, 3.63) is 85.1 Å². The van der Waals surface area contributed by atoms with Crippen LogP contribution in [0.15, 0.2) is 85.1 Å². The summed E-state index contributed by atoms with van der Waals surface area (Å²) in [4.78, 5) is 4.82. The molecule has 2 nitrogen and oxygen atoms in total. The summed E-state index contributed by atoms with van der Waals surface area (Å²) in [5.41, 5.74) is 2.39. The molecule has 0 unspecified atom stereocenters. The van der Waals surface area contributed by atoms with Gasteiger partial charge in [-0.3, -0.25) is 4.57 Å². The molecule has 3 aromatic carbocycles. The molecule has 3 aromatic heterocycles. The van der Waals surface area contributed by atoms with Crippen molar-refractivity contribution in [2.24, 2.45) is 0 Å². The first-order chi connectivity index (χ1) is 12.9. The van der Waals surface area contributed by atoms with Gasteiger partial charge in [0.25, 0.3) is 0 Å². The molecule has 26 heavy (non-hydrogen) atoms. The minimum atomic E-state index is 0.971. The van der Waals surface area contributed by atoms with Gasteiger partial charge in [0.2, 0.25) is 0 Å². The highest BCUT2D eigenvalue weighted by atomic mass is 32.1. The summed E-state index contributed by atoms with van der Waals surface area (Å²) in [5.74, 6) is 0.971. The van der Waals surface area contributed by atoms with Gasteiger partial charge in [-0.1, -0.05) is 54.6 Å². The summed E-state index contributed by atoms with van der Waals surface area (Å²) in [7, 11) is 0. The Kier molecular flexibility index (Phi) is 2.79. The quantitative estimate of drug-likeness (QED) is 0.329. The van der Waals surface area contributed by atoms with Crippen LogP contribution in [0, 0.1) is 0 Å². The van der Waals surface area contributed by atoms with Crippen LogP contribution >= 0.6 is 11.3 Å². The predicted octanol–water partition coefficient (Wildman–Crippen LogP) is 6.55. The lowest BCUT2D eigenvalue weighted by molar-refractivity contribution is 1.09. The summed E-state index contributed by atoms with van der Waals surface area (Å²) < 4.78 is 4.82. The summed E-state index contributed by atoms with van der Waals surface area (Å²) in [6.07, 6.45) is 2.01. The van der Waals surface area contributed by atoms with Crippen LogP contribution in [-0.4, -0.2) is 9.55 Å². The second-order valence-corrected chi connectivity index (χ2v) is 7.59. The molecule has 0 radical (unpaired) electrons. The highest BCUT2D eigenvalue weighted by Gasteiger charge is 2.13. The average molecular weight is 350 g/mol. The fourth-order valence-corrected chi connectivity index (χ4v) is 4.97. The Balaban J connectivity index is 1.76. The molecule has 0 aliphatic rings. The smallest absolute Gasteiger partial charge is 0.138 e. The maximum absolute atomic E-state index is 4.82. The number of nitrogens with zero attached hydrogens (tertiary/aromatic N) is 2. The number of hydrogen-bond donors (Lipinski definition) is 0. The summed E-state index contributed by atoms with van der Waals surface area (Å²) in [6, 6.07) is 27.9. The van der Waals surface area contributed by atoms with Gasteiger partial charge in [-0.2, -0.15) is 0 Å². The van der Waals surface area contributed by atoms with E-state index in [1.807, 2.05) is 6.20 Å². The molecule has 0 N–H and O–H groups in total. The van der Waals surface area contributed by atoms with Crippen molar-refractivity contribution in [3.8, 4) is 5.82 Å². The molecule has 0 aliphatic heterocycles. The van der Waals surface area contributed by atoms with Crippen LogP contribution in [0.2, 0.25) is 0 Å². The molecule has 0 bridgehead atoms. The zero-order valence-corrected chi connectivity index (χ0v) is 14.7. The van der Waals surface area contributed by atoms with Crippen molar-refractivity contribution in [2.75, 3.05) is 0 Å². The SMILES string of the molecule is c1ccc2c(c1)sc1cnc(-n3c4ccccc4c4ccccc43)cc12. The number of thiophene rings is 1. The van der Waals surface area contributed by atoms with Crippen molar-refractivity contribution in [1.82, 2.24) is 9.55 Å². The van der Waals surface area contributed by atoms with E-state index in [-0.39, 0.29) is 0 Å². The fourth-order valence-electron chi connectivity index (χ4n) is 3.91. The van der Waals surface area contributed by atoms with E-state index in [1.165, 1.54) is 42.0 Å². The average Bonchev–Trinajstić information content (AvgIpc) is 3.23. The zero-order valence-electron chi connectivity index (χ0n) is 13.9. The number of rotatable bonds is 1. The van der Waals surface area contributed by atoms with Gasteiger partial charge >= 0.3 is 0 Å². The molecule has 0 spiro atoms. The highest BCUT2D eigenvalue weighted by Crippen LogP contribution is 2.36. The van der Waals surface area contributed by atoms with Crippen LogP contribution in [0.1, 0.15) is 0 Å². The molecular weight excluding hydrogens is 336 g/mol. The number of fused-ring (bicyclic) bond motifs is 6. The third-order valence-electron chi connectivity index (χ3n) is 5.06. The summed E-state index contributed by atoms with van der Waals surface area (Å²) in [6.45, 7) is 0. The Morgan fingerprint density at radius 2 is 1.23 bits per heavy atom. The molecule has 0 atom stereocenters. The van der Waals surface area contributed by atoms with E-state index >= 15 is 0 Å². The predicted molar refractivity (Wildman–Crippen MR) is 111 cm³/mol. The number of pyridine rings is 1. The molecule has 0 fully saturated rings. The molecule has 3 heterocycles. The van der Waals surface area contributed by atoms with Crippen LogP contribution in [0.5, 0.6) is 0 Å². The van der Waals surface area contributed by atoms with E-state index in [2.05, 4.69) is 83.4 Å². The molecule has 0 aliphatic carbocycles. The van der Waals surface area contributed by atoms with E-state index < -0.39 is 0 Å². The summed E-state index contributed by atoms with van der Waals surface area (Å²) >= 11 is 1.80. The van der Waals surface area contributed by atoms with Crippen molar-refractivity contribution < 1.29 is 0 Å². The van der Waals surface area contributed by atoms with Crippen LogP contribution in [0.25, 0.3) is 47.8 Å². The first-order valence-corrected chi connectivity index (χ1v) is 9.48. The molecule has 122 valence electrons. The highest BCUT2D eigenvalue weighted by molar-refractivity contribution is 7.25. The van der Waals surface area contributed by atoms with Crippen molar-refractivity contribution in [1.29, 1.82) is 0 Å². The van der Waals surface area contributed by atoms with Gasteiger partial charge < -0.3 is 0 Å². The maximum atomic E-state index is 4.82. The van der Waals surface area contributed by atoms with E-state index in [0.29, 0.717) is 0 Å². The van der Waals surface area contributed by atoms with Gasteiger partial charge in [0, 0.05) is 32.4 Å². The van der Waals surface area contributed by atoms with Crippen LogP contribution in [-0.2, 0) is 0 Å². The van der Waals surface area contributed by atoms with E-state index in [9.17, 15) is 0 Å². The Morgan fingerprint density at radius 3 is 1.96 bits per heavy atom. The second-order valence-electron chi connectivity index (χ2n) is 6.51. The summed E-state index contributed by atoms with van der Waals surface area (Å²) in [5, 5.41) is 5.11. The number of aromatic nitrogens is 2. The van der Waals surface area contributed by atoms with Gasteiger partial charge in [-0.25, -0.2) is 4.98 Å². The molecule has 6 rings (SSSR count). The van der Waals surface area contributed by atoms with Gasteiger partial charge in [0.05, 0.1) is 15.7 Å². The van der Waals surface area contributed by atoms with E-state index in [4.69, 9.17) is 4.98 Å². The first-order valence-electron chi connectivity index (χ1n) is 8.66. The van der Waals surface area contributed by atoms with Gasteiger partial charge in [-0.05, 0) is 24.3 Å². The number of hydrogen-bond acceptors (Lipinski definition) is 2. The van der Waals surface area contributed by atoms with Crippen molar-refractivity contribution >= 4 is 53.3 Å². The Bertz CT molecular complexity index is 1390. The molecule has 0 saturated heterocycles. The van der Waals surface area contributed by atoms with Crippen LogP contribution < -0.4 is 0 Å². The third-order valence-corrected chi connectivity index (χ3v) is 6.18. The lowest BCUT2D eigenvalue weighted by Gasteiger charge is -2.07. The van der Waals surface area contributed by atoms with Gasteiger partial charge in [0.15, 0.2) is 0 Å². The normalized spacial score (nSPS) is 11.8. The Hall–Kier alpha value is -3.17. The molecule has 6 aromatic rings. The van der Waals surface area contributed by atoms with Crippen LogP contribution in [0.4, 0.5) is 0 Å². The molecular formula is C23H14N2S. The Morgan fingerprint density at radius 1 is 0.615 bits per heavy atom. The van der Waals surface area contributed by atoms with Crippen molar-refractivity contribution in [3.63, 3.8) is 0 Å². The molecule has 0 saturated carbocycles. The maximum Gasteiger partial charge on any atom is 0.138 e. The minimum Gasteiger partial charge on any atom is -0.294 e. The lowest BCUT2D eigenvalue weighted by atomic mass is 10.2. The van der Waals surface area contributed by atoms with Crippen LogP contribution in [0.3, 0.4) is 0 Å². The fraction of sp³-hybridized carbons (Fsp3) is 0. The van der Waals surface area contributed by atoms with Gasteiger partial charge in [0.1, 0.15) is 5.82 Å². The number of para-hydroxylation sites is 2. The first kappa shape index (κ1) is 14.0. The lowest BCUT2D eigenvalue weighted by Crippen LogP contribution is -1.96. The van der Waals surface area contributed by atoms with Crippen molar-refractivity contribution in [2.45, 2.75) is 0 Å². The number of benzene rings is 3. The molecule has 0 amide bonds. The topological polar surface area (TPSA) is 17.8 Å². The van der Waals surface area contributed by atoms with E-state index in [0.717, 1.165) is 5.82 Å². The van der Waals surface area contributed by atoms with Gasteiger partial charge in [-0.15, -0.1) is 11.3 Å². The minimum absolute atomic E-state index is 0.971. The van der Waals surface area contributed by atoms with E-state index in [1.54, 1.807) is 11.3 Å². The second kappa shape index (κ2) is 5.16. The Labute approximate surface area is 153 Å². The largest absolute Gasteiger partial charge is 0.294 e. The zero-order chi connectivity index (χ0) is 17.1. The monoisotopic (exact) mass is 350 g/mol. The standard InChI is InChI=1S/C23H14N2S/c1-4-10-19-15(7-1)16-8-2-5-11-20(16)25(19)23-13-18-17-9-3-6-12-21(17)26-22(18)14-24-23/h1-14H. The third kappa shape index (κ3) is 1.83. The molecule has 3 heteroatoms.